The summed E-state index contributed by atoms with van der Waals surface area (Å²) in [5.74, 6) is 6.10. The molecule has 0 radical (unpaired) electrons. The summed E-state index contributed by atoms with van der Waals surface area (Å²) in [5, 5.41) is 3.19. The highest BCUT2D eigenvalue weighted by Crippen LogP contribution is 2.16. The molecule has 1 atom stereocenters. The molecule has 2 heterocycles. The number of likely N-dealkylation sites (N-methyl/N-ethyl adjacent to an activating group) is 1. The first-order valence-corrected chi connectivity index (χ1v) is 6.87. The topological polar surface area (TPSA) is 118 Å². The third-order valence-corrected chi connectivity index (χ3v) is 3.04. The van der Waals surface area contributed by atoms with Crippen molar-refractivity contribution in [3.63, 3.8) is 0 Å². The van der Waals surface area contributed by atoms with Crippen molar-refractivity contribution < 1.29 is 9.53 Å². The zero-order chi connectivity index (χ0) is 15.4. The first-order valence-electron chi connectivity index (χ1n) is 6.87. The van der Waals surface area contributed by atoms with Crippen molar-refractivity contribution in [2.75, 3.05) is 24.3 Å². The summed E-state index contributed by atoms with van der Waals surface area (Å²) in [6.07, 6.45) is 1.20. The number of nitrogens with zero attached hydrogens (tertiary/aromatic N) is 4. The average molecular weight is 295 g/mol. The SMILES string of the molecule is CC(C)Oc1nc(NN)nc(NC2CCC(=O)N(C)C2)n1. The van der Waals surface area contributed by atoms with Crippen molar-refractivity contribution in [1.29, 1.82) is 0 Å². The molecule has 0 aliphatic carbocycles. The Hall–Kier alpha value is -2.16. The lowest BCUT2D eigenvalue weighted by molar-refractivity contribution is -0.132. The van der Waals surface area contributed by atoms with Gasteiger partial charge in [0.25, 0.3) is 0 Å². The maximum absolute atomic E-state index is 11.5. The van der Waals surface area contributed by atoms with Crippen LogP contribution in [0, 0.1) is 0 Å². The van der Waals surface area contributed by atoms with E-state index < -0.39 is 0 Å². The van der Waals surface area contributed by atoms with Gasteiger partial charge in [-0.05, 0) is 20.3 Å². The van der Waals surface area contributed by atoms with E-state index in [2.05, 4.69) is 25.7 Å². The summed E-state index contributed by atoms with van der Waals surface area (Å²) in [5.41, 5.74) is 2.39. The minimum absolute atomic E-state index is 0.0516. The highest BCUT2D eigenvalue weighted by Gasteiger charge is 2.23. The van der Waals surface area contributed by atoms with Crippen LogP contribution in [0.2, 0.25) is 0 Å². The Kier molecular flexibility index (Phi) is 4.73. The van der Waals surface area contributed by atoms with Crippen LogP contribution in [0.1, 0.15) is 26.7 Å². The Bertz CT molecular complexity index is 508. The molecular formula is C12H21N7O2. The Morgan fingerprint density at radius 1 is 1.33 bits per heavy atom. The van der Waals surface area contributed by atoms with Gasteiger partial charge in [-0.15, -0.1) is 0 Å². The first kappa shape index (κ1) is 15.2. The van der Waals surface area contributed by atoms with E-state index in [4.69, 9.17) is 10.6 Å². The number of hydrazine groups is 1. The number of carbonyl (C=O) groups is 1. The summed E-state index contributed by atoms with van der Waals surface area (Å²) >= 11 is 0. The van der Waals surface area contributed by atoms with Gasteiger partial charge in [-0.2, -0.15) is 15.0 Å². The van der Waals surface area contributed by atoms with Crippen LogP contribution < -0.4 is 21.3 Å². The Morgan fingerprint density at radius 2 is 2.05 bits per heavy atom. The maximum Gasteiger partial charge on any atom is 0.323 e. The second-order valence-electron chi connectivity index (χ2n) is 5.23. The molecule has 0 bridgehead atoms. The maximum atomic E-state index is 11.5. The average Bonchev–Trinajstić information content (AvgIpc) is 2.42. The molecule has 0 aromatic carbocycles. The molecule has 4 N–H and O–H groups in total. The van der Waals surface area contributed by atoms with Crippen molar-refractivity contribution in [2.45, 2.75) is 38.8 Å². The fourth-order valence-electron chi connectivity index (χ4n) is 2.06. The molecule has 116 valence electrons. The molecule has 21 heavy (non-hydrogen) atoms. The van der Waals surface area contributed by atoms with Crippen molar-refractivity contribution in [1.82, 2.24) is 19.9 Å². The number of amides is 1. The molecule has 1 aliphatic rings. The van der Waals surface area contributed by atoms with Crippen LogP contribution in [0.3, 0.4) is 0 Å². The number of likely N-dealkylation sites (tertiary alicyclic amines) is 1. The molecule has 1 aromatic heterocycles. The van der Waals surface area contributed by atoms with Gasteiger partial charge in [0.15, 0.2) is 0 Å². The smallest absolute Gasteiger partial charge is 0.323 e. The highest BCUT2D eigenvalue weighted by molar-refractivity contribution is 5.76. The predicted octanol–water partition coefficient (Wildman–Crippen LogP) is -0.0229. The van der Waals surface area contributed by atoms with Gasteiger partial charge in [-0.1, -0.05) is 0 Å². The number of rotatable bonds is 5. The van der Waals surface area contributed by atoms with Crippen LogP contribution in [-0.4, -0.2) is 51.5 Å². The number of nitrogens with two attached hydrogens (primary N) is 1. The number of hydrogen-bond acceptors (Lipinski definition) is 8. The Labute approximate surface area is 123 Å². The molecule has 1 amide bonds. The van der Waals surface area contributed by atoms with E-state index in [1.807, 2.05) is 13.8 Å². The van der Waals surface area contributed by atoms with E-state index in [9.17, 15) is 4.79 Å². The standard InChI is InChI=1S/C12H21N7O2/c1-7(2)21-12-16-10(15-11(17-12)18-13)14-8-4-5-9(20)19(3)6-8/h7-8H,4-6,13H2,1-3H3,(H2,14,15,16,17,18). The lowest BCUT2D eigenvalue weighted by atomic mass is 10.1. The Morgan fingerprint density at radius 3 is 2.67 bits per heavy atom. The number of ether oxygens (including phenoxy) is 1. The van der Waals surface area contributed by atoms with Crippen LogP contribution >= 0.6 is 0 Å². The van der Waals surface area contributed by atoms with E-state index in [0.717, 1.165) is 6.42 Å². The number of carbonyl (C=O) groups excluding carboxylic acids is 1. The minimum Gasteiger partial charge on any atom is -0.461 e. The lowest BCUT2D eigenvalue weighted by Crippen LogP contribution is -2.43. The first-order chi connectivity index (χ1) is 9.97. The quantitative estimate of drug-likeness (QED) is 0.512. The molecule has 1 aromatic rings. The van der Waals surface area contributed by atoms with Crippen molar-refractivity contribution >= 4 is 17.8 Å². The summed E-state index contributed by atoms with van der Waals surface area (Å²) in [6.45, 7) is 4.37. The van der Waals surface area contributed by atoms with E-state index in [-0.39, 0.29) is 30.0 Å². The molecular weight excluding hydrogens is 274 g/mol. The summed E-state index contributed by atoms with van der Waals surface area (Å²) in [4.78, 5) is 25.5. The minimum atomic E-state index is -0.0516. The van der Waals surface area contributed by atoms with E-state index >= 15 is 0 Å². The zero-order valence-electron chi connectivity index (χ0n) is 12.5. The molecule has 0 spiro atoms. The van der Waals surface area contributed by atoms with E-state index in [1.54, 1.807) is 11.9 Å². The van der Waals surface area contributed by atoms with Gasteiger partial charge in [0.1, 0.15) is 0 Å². The van der Waals surface area contributed by atoms with Gasteiger partial charge >= 0.3 is 6.01 Å². The largest absolute Gasteiger partial charge is 0.461 e. The summed E-state index contributed by atoms with van der Waals surface area (Å²) < 4.78 is 5.46. The highest BCUT2D eigenvalue weighted by atomic mass is 16.5. The van der Waals surface area contributed by atoms with Crippen LogP contribution in [0.15, 0.2) is 0 Å². The van der Waals surface area contributed by atoms with Gasteiger partial charge in [0, 0.05) is 26.1 Å². The van der Waals surface area contributed by atoms with Crippen LogP contribution in [0.25, 0.3) is 0 Å². The van der Waals surface area contributed by atoms with Gasteiger partial charge in [-0.3, -0.25) is 10.2 Å². The van der Waals surface area contributed by atoms with E-state index in [0.29, 0.717) is 18.9 Å². The fourth-order valence-corrected chi connectivity index (χ4v) is 2.06. The molecule has 9 heteroatoms. The molecule has 9 nitrogen and oxygen atoms in total. The van der Waals surface area contributed by atoms with Crippen LogP contribution in [-0.2, 0) is 4.79 Å². The van der Waals surface area contributed by atoms with Crippen molar-refractivity contribution in [3.05, 3.63) is 0 Å². The number of anilines is 2. The van der Waals surface area contributed by atoms with Crippen LogP contribution in [0.4, 0.5) is 11.9 Å². The zero-order valence-corrected chi connectivity index (χ0v) is 12.5. The van der Waals surface area contributed by atoms with Gasteiger partial charge in [-0.25, -0.2) is 5.84 Å². The third-order valence-electron chi connectivity index (χ3n) is 3.04. The molecule has 0 saturated carbocycles. The molecule has 1 aliphatic heterocycles. The number of nitrogen functional groups attached to an aromatic ring is 1. The fraction of sp³-hybridized carbons (Fsp3) is 0.667. The van der Waals surface area contributed by atoms with Gasteiger partial charge in [0.05, 0.1) is 6.10 Å². The predicted molar refractivity (Wildman–Crippen MR) is 77.7 cm³/mol. The van der Waals surface area contributed by atoms with Crippen molar-refractivity contribution in [2.24, 2.45) is 5.84 Å². The summed E-state index contributed by atoms with van der Waals surface area (Å²) in [6, 6.07) is 0.295. The summed E-state index contributed by atoms with van der Waals surface area (Å²) in [7, 11) is 1.78. The monoisotopic (exact) mass is 295 g/mol. The van der Waals surface area contributed by atoms with E-state index in [1.165, 1.54) is 0 Å². The third kappa shape index (κ3) is 4.15. The number of aromatic nitrogens is 3. The van der Waals surface area contributed by atoms with Gasteiger partial charge < -0.3 is 15.0 Å². The normalized spacial score (nSPS) is 18.8. The van der Waals surface area contributed by atoms with Crippen LogP contribution in [0.5, 0.6) is 6.01 Å². The van der Waals surface area contributed by atoms with Gasteiger partial charge in [0.2, 0.25) is 17.8 Å². The molecule has 2 rings (SSSR count). The number of nitrogens with one attached hydrogen (secondary N) is 2. The molecule has 1 fully saturated rings. The Balaban J connectivity index is 2.09. The second-order valence-corrected chi connectivity index (χ2v) is 5.23. The van der Waals surface area contributed by atoms with Crippen molar-refractivity contribution in [3.8, 4) is 6.01 Å². The lowest BCUT2D eigenvalue weighted by Gasteiger charge is -2.30. The molecule has 1 unspecified atom stereocenters. The number of hydrogen-bond donors (Lipinski definition) is 3. The second kappa shape index (κ2) is 6.53. The number of piperidine rings is 1. The molecule has 1 saturated heterocycles.